The van der Waals surface area contributed by atoms with Gasteiger partial charge in [-0.05, 0) is 12.0 Å². The number of hydrogen-bond acceptors (Lipinski definition) is 2. The SMILES string of the molecule is O=C1C=C[C@H]2[C@H]3C=C[C@H]([C@H]3O)[C@@H]12. The fraction of sp³-hybridized carbons (Fsp3) is 0.500. The average molecular weight is 162 g/mol. The van der Waals surface area contributed by atoms with Crippen molar-refractivity contribution in [2.75, 3.05) is 0 Å². The maximum Gasteiger partial charge on any atom is 0.159 e. The number of hydrogen-bond donors (Lipinski definition) is 1. The Kier molecular flexibility index (Phi) is 1.04. The first-order chi connectivity index (χ1) is 5.79. The van der Waals surface area contributed by atoms with E-state index in [1.165, 1.54) is 0 Å². The number of carbonyl (C=O) groups excluding carboxylic acids is 1. The second kappa shape index (κ2) is 1.88. The zero-order valence-electron chi connectivity index (χ0n) is 6.55. The minimum atomic E-state index is -0.297. The van der Waals surface area contributed by atoms with E-state index < -0.39 is 0 Å². The summed E-state index contributed by atoms with van der Waals surface area (Å²) >= 11 is 0. The second-order valence-corrected chi connectivity index (χ2v) is 3.89. The largest absolute Gasteiger partial charge is 0.392 e. The summed E-state index contributed by atoms with van der Waals surface area (Å²) in [5, 5.41) is 9.70. The monoisotopic (exact) mass is 162 g/mol. The third kappa shape index (κ3) is 0.547. The normalized spacial score (nSPS) is 53.8. The molecule has 0 radical (unpaired) electrons. The van der Waals surface area contributed by atoms with Gasteiger partial charge in [0.25, 0.3) is 0 Å². The summed E-state index contributed by atoms with van der Waals surface area (Å²) in [6.07, 6.45) is 7.40. The summed E-state index contributed by atoms with van der Waals surface area (Å²) in [7, 11) is 0. The van der Waals surface area contributed by atoms with Gasteiger partial charge in [-0.15, -0.1) is 0 Å². The minimum absolute atomic E-state index is 0.0648. The van der Waals surface area contributed by atoms with Crippen molar-refractivity contribution in [2.24, 2.45) is 23.7 Å². The van der Waals surface area contributed by atoms with Crippen LogP contribution in [0.25, 0.3) is 0 Å². The standard InChI is InChI=1S/C10H10O2/c11-8-4-3-5-6-1-2-7(9(5)8)10(6)12/h1-7,9-10,12H/t5-,6+,7-,9-,10-/m0/s1. The van der Waals surface area contributed by atoms with Crippen molar-refractivity contribution in [1.82, 2.24) is 0 Å². The number of carbonyl (C=O) groups is 1. The molecule has 0 aromatic carbocycles. The predicted octanol–water partition coefficient (Wildman–Crippen LogP) is 0.534. The van der Waals surface area contributed by atoms with Crippen molar-refractivity contribution in [2.45, 2.75) is 6.10 Å². The van der Waals surface area contributed by atoms with Crippen LogP contribution in [-0.2, 0) is 4.79 Å². The molecular weight excluding hydrogens is 152 g/mol. The van der Waals surface area contributed by atoms with E-state index in [-0.39, 0.29) is 29.6 Å². The van der Waals surface area contributed by atoms with Gasteiger partial charge >= 0.3 is 0 Å². The van der Waals surface area contributed by atoms with Crippen LogP contribution >= 0.6 is 0 Å². The lowest BCUT2D eigenvalue weighted by atomic mass is 9.85. The van der Waals surface area contributed by atoms with E-state index in [9.17, 15) is 9.90 Å². The molecule has 0 saturated heterocycles. The van der Waals surface area contributed by atoms with Gasteiger partial charge in [0.15, 0.2) is 5.78 Å². The highest BCUT2D eigenvalue weighted by Gasteiger charge is 2.54. The fourth-order valence-corrected chi connectivity index (χ4v) is 2.87. The molecule has 1 N–H and O–H groups in total. The van der Waals surface area contributed by atoms with Crippen LogP contribution in [0, 0.1) is 23.7 Å². The third-order valence-corrected chi connectivity index (χ3v) is 3.43. The first kappa shape index (κ1) is 6.61. The molecule has 2 bridgehead atoms. The predicted molar refractivity (Wildman–Crippen MR) is 43.3 cm³/mol. The maximum atomic E-state index is 11.4. The zero-order chi connectivity index (χ0) is 8.29. The summed E-state index contributed by atoms with van der Waals surface area (Å²) in [6.45, 7) is 0. The van der Waals surface area contributed by atoms with Crippen LogP contribution in [0.4, 0.5) is 0 Å². The Hall–Kier alpha value is -0.890. The molecule has 1 saturated carbocycles. The topological polar surface area (TPSA) is 37.3 Å². The third-order valence-electron chi connectivity index (χ3n) is 3.43. The van der Waals surface area contributed by atoms with Crippen molar-refractivity contribution in [3.63, 3.8) is 0 Å². The summed E-state index contributed by atoms with van der Waals surface area (Å²) in [6, 6.07) is 0. The molecule has 0 heterocycles. The Labute approximate surface area is 70.6 Å². The van der Waals surface area contributed by atoms with Gasteiger partial charge < -0.3 is 5.11 Å². The molecule has 0 aromatic heterocycles. The first-order valence-electron chi connectivity index (χ1n) is 4.37. The molecule has 0 aromatic rings. The highest BCUT2D eigenvalue weighted by molar-refractivity contribution is 5.95. The number of aliphatic hydroxyl groups excluding tert-OH is 1. The Morgan fingerprint density at radius 3 is 2.58 bits per heavy atom. The number of aliphatic hydroxyl groups is 1. The molecule has 12 heavy (non-hydrogen) atoms. The maximum absolute atomic E-state index is 11.4. The molecule has 3 rings (SSSR count). The molecule has 0 unspecified atom stereocenters. The van der Waals surface area contributed by atoms with Crippen LogP contribution in [0.2, 0.25) is 0 Å². The van der Waals surface area contributed by atoms with Crippen molar-refractivity contribution in [1.29, 1.82) is 0 Å². The Bertz CT molecular complexity index is 303. The summed E-state index contributed by atoms with van der Waals surface area (Å²) in [5.74, 6) is 0.874. The van der Waals surface area contributed by atoms with Gasteiger partial charge in [-0.2, -0.15) is 0 Å². The van der Waals surface area contributed by atoms with E-state index in [0.29, 0.717) is 5.92 Å². The Morgan fingerprint density at radius 1 is 1.08 bits per heavy atom. The lowest BCUT2D eigenvalue weighted by molar-refractivity contribution is -0.119. The lowest BCUT2D eigenvalue weighted by Crippen LogP contribution is -2.21. The Morgan fingerprint density at radius 2 is 1.83 bits per heavy atom. The lowest BCUT2D eigenvalue weighted by Gasteiger charge is -2.16. The van der Waals surface area contributed by atoms with E-state index in [4.69, 9.17) is 0 Å². The van der Waals surface area contributed by atoms with Crippen molar-refractivity contribution in [3.05, 3.63) is 24.3 Å². The van der Waals surface area contributed by atoms with Gasteiger partial charge in [-0.3, -0.25) is 4.79 Å². The van der Waals surface area contributed by atoms with Crippen LogP contribution in [0.5, 0.6) is 0 Å². The quantitative estimate of drug-likeness (QED) is 0.528. The van der Waals surface area contributed by atoms with Crippen molar-refractivity contribution in [3.8, 4) is 0 Å². The molecule has 0 amide bonds. The molecular formula is C10H10O2. The molecule has 3 aliphatic rings. The van der Waals surface area contributed by atoms with Crippen LogP contribution < -0.4 is 0 Å². The number of fused-ring (bicyclic) bond motifs is 5. The van der Waals surface area contributed by atoms with E-state index in [1.807, 2.05) is 12.2 Å². The van der Waals surface area contributed by atoms with E-state index in [0.717, 1.165) is 0 Å². The van der Waals surface area contributed by atoms with Crippen molar-refractivity contribution < 1.29 is 9.90 Å². The van der Waals surface area contributed by atoms with Crippen LogP contribution in [0.1, 0.15) is 0 Å². The second-order valence-electron chi connectivity index (χ2n) is 3.89. The summed E-state index contributed by atoms with van der Waals surface area (Å²) in [4.78, 5) is 11.4. The number of ketones is 1. The number of allylic oxidation sites excluding steroid dienone is 2. The van der Waals surface area contributed by atoms with Crippen LogP contribution in [-0.4, -0.2) is 17.0 Å². The average Bonchev–Trinajstić information content (AvgIpc) is 2.66. The van der Waals surface area contributed by atoms with Gasteiger partial charge in [0, 0.05) is 17.8 Å². The molecule has 0 spiro atoms. The van der Waals surface area contributed by atoms with Gasteiger partial charge in [0.1, 0.15) is 0 Å². The minimum Gasteiger partial charge on any atom is -0.392 e. The molecule has 0 aliphatic heterocycles. The van der Waals surface area contributed by atoms with Gasteiger partial charge in [-0.1, -0.05) is 18.2 Å². The van der Waals surface area contributed by atoms with Crippen LogP contribution in [0.3, 0.4) is 0 Å². The Balaban J connectivity index is 2.08. The molecule has 2 nitrogen and oxygen atoms in total. The number of rotatable bonds is 0. The summed E-state index contributed by atoms with van der Waals surface area (Å²) in [5.41, 5.74) is 0. The van der Waals surface area contributed by atoms with E-state index in [1.54, 1.807) is 6.08 Å². The molecule has 62 valence electrons. The summed E-state index contributed by atoms with van der Waals surface area (Å²) < 4.78 is 0. The zero-order valence-corrected chi connectivity index (χ0v) is 6.55. The van der Waals surface area contributed by atoms with Crippen LogP contribution in [0.15, 0.2) is 24.3 Å². The van der Waals surface area contributed by atoms with E-state index >= 15 is 0 Å². The molecule has 1 fully saturated rings. The smallest absolute Gasteiger partial charge is 0.159 e. The molecule has 5 atom stereocenters. The first-order valence-corrected chi connectivity index (χ1v) is 4.37. The molecule has 2 heteroatoms. The van der Waals surface area contributed by atoms with Gasteiger partial charge in [0.05, 0.1) is 6.10 Å². The van der Waals surface area contributed by atoms with Gasteiger partial charge in [-0.25, -0.2) is 0 Å². The highest BCUT2D eigenvalue weighted by Crippen LogP contribution is 2.51. The fourth-order valence-electron chi connectivity index (χ4n) is 2.87. The highest BCUT2D eigenvalue weighted by atomic mass is 16.3. The van der Waals surface area contributed by atoms with Gasteiger partial charge in [0.2, 0.25) is 0 Å². The van der Waals surface area contributed by atoms with E-state index in [2.05, 4.69) is 6.08 Å². The van der Waals surface area contributed by atoms with Crippen molar-refractivity contribution >= 4 is 5.78 Å². The molecule has 3 aliphatic carbocycles.